The van der Waals surface area contributed by atoms with Crippen LogP contribution >= 0.6 is 24.8 Å². The third kappa shape index (κ3) is 4.72. The zero-order chi connectivity index (χ0) is 15.5. The van der Waals surface area contributed by atoms with Crippen LogP contribution in [0.4, 0.5) is 5.82 Å². The highest BCUT2D eigenvalue weighted by Crippen LogP contribution is 2.17. The highest BCUT2D eigenvalue weighted by atomic mass is 35.5. The molecule has 0 aliphatic carbocycles. The Morgan fingerprint density at radius 1 is 1.21 bits per heavy atom. The maximum atomic E-state index is 12.7. The number of aromatic nitrogens is 1. The molecule has 1 N–H and O–H groups in total. The largest absolute Gasteiger partial charge is 0.354 e. The predicted octanol–water partition coefficient (Wildman–Crippen LogP) is 1.11. The van der Waals surface area contributed by atoms with Crippen LogP contribution in [0.25, 0.3) is 0 Å². The van der Waals surface area contributed by atoms with Crippen LogP contribution in [0.3, 0.4) is 0 Å². The van der Waals surface area contributed by atoms with E-state index in [9.17, 15) is 4.79 Å². The summed E-state index contributed by atoms with van der Waals surface area (Å²) in [6.07, 6.45) is 1.76. The molecule has 0 bridgehead atoms. The zero-order valence-electron chi connectivity index (χ0n) is 14.3. The summed E-state index contributed by atoms with van der Waals surface area (Å²) in [4.78, 5) is 23.7. The van der Waals surface area contributed by atoms with Crippen molar-refractivity contribution in [2.24, 2.45) is 0 Å². The SMILES string of the molecule is C[C@H]1CNCCN1C(=O)c1ccnc(N2CCN(C)CC2)c1.Cl.Cl. The molecule has 3 heterocycles. The summed E-state index contributed by atoms with van der Waals surface area (Å²) < 4.78 is 0. The van der Waals surface area contributed by atoms with E-state index < -0.39 is 0 Å². The number of nitrogens with zero attached hydrogens (tertiary/aromatic N) is 4. The van der Waals surface area contributed by atoms with E-state index >= 15 is 0 Å². The first-order chi connectivity index (χ1) is 10.6. The molecular formula is C16H27Cl2N5O. The van der Waals surface area contributed by atoms with Gasteiger partial charge in [0.1, 0.15) is 5.82 Å². The average molecular weight is 376 g/mol. The lowest BCUT2D eigenvalue weighted by Crippen LogP contribution is -2.52. The first-order valence-electron chi connectivity index (χ1n) is 8.06. The standard InChI is InChI=1S/C16H25N5O.2ClH/c1-13-12-17-5-6-21(13)16(22)14-3-4-18-15(11-14)20-9-7-19(2)8-10-20;;/h3-4,11,13,17H,5-10,12H2,1-2H3;2*1H/t13-;;/m0../s1. The third-order valence-electron chi connectivity index (χ3n) is 4.58. The molecule has 0 aromatic carbocycles. The van der Waals surface area contributed by atoms with E-state index in [1.54, 1.807) is 6.20 Å². The summed E-state index contributed by atoms with van der Waals surface area (Å²) >= 11 is 0. The normalized spacial score (nSPS) is 21.7. The third-order valence-corrected chi connectivity index (χ3v) is 4.58. The van der Waals surface area contributed by atoms with Crippen molar-refractivity contribution in [1.29, 1.82) is 0 Å². The summed E-state index contributed by atoms with van der Waals surface area (Å²) in [7, 11) is 2.14. The highest BCUT2D eigenvalue weighted by Gasteiger charge is 2.25. The molecular weight excluding hydrogens is 349 g/mol. The second-order valence-corrected chi connectivity index (χ2v) is 6.24. The van der Waals surface area contributed by atoms with Crippen molar-refractivity contribution in [3.05, 3.63) is 23.9 Å². The molecule has 1 aromatic heterocycles. The van der Waals surface area contributed by atoms with Gasteiger partial charge in [-0.2, -0.15) is 0 Å². The van der Waals surface area contributed by atoms with E-state index in [1.165, 1.54) is 0 Å². The Morgan fingerprint density at radius 2 is 1.92 bits per heavy atom. The van der Waals surface area contributed by atoms with Crippen molar-refractivity contribution in [1.82, 2.24) is 20.1 Å². The zero-order valence-corrected chi connectivity index (χ0v) is 15.9. The van der Waals surface area contributed by atoms with Crippen LogP contribution in [0.1, 0.15) is 17.3 Å². The molecule has 0 saturated carbocycles. The van der Waals surface area contributed by atoms with Crippen LogP contribution in [0.5, 0.6) is 0 Å². The molecule has 2 fully saturated rings. The fraction of sp³-hybridized carbons (Fsp3) is 0.625. The summed E-state index contributed by atoms with van der Waals surface area (Å²) in [5.41, 5.74) is 0.748. The van der Waals surface area contributed by atoms with E-state index in [-0.39, 0.29) is 36.8 Å². The minimum Gasteiger partial charge on any atom is -0.354 e. The Balaban J connectivity index is 0.00000144. The van der Waals surface area contributed by atoms with Crippen molar-refractivity contribution >= 4 is 36.5 Å². The molecule has 2 saturated heterocycles. The summed E-state index contributed by atoms with van der Waals surface area (Å²) in [5.74, 6) is 1.04. The molecule has 3 rings (SSSR count). The predicted molar refractivity (Wildman–Crippen MR) is 102 cm³/mol. The van der Waals surface area contributed by atoms with Gasteiger partial charge in [0.25, 0.3) is 5.91 Å². The smallest absolute Gasteiger partial charge is 0.254 e. The van der Waals surface area contributed by atoms with Gasteiger partial charge in [0.2, 0.25) is 0 Å². The van der Waals surface area contributed by atoms with Crippen LogP contribution in [0.15, 0.2) is 18.3 Å². The Hall–Kier alpha value is -1.08. The van der Waals surface area contributed by atoms with Gasteiger partial charge in [0.05, 0.1) is 0 Å². The molecule has 1 aromatic rings. The number of nitrogens with one attached hydrogen (secondary N) is 1. The van der Waals surface area contributed by atoms with Gasteiger partial charge in [-0.15, -0.1) is 24.8 Å². The number of hydrogen-bond acceptors (Lipinski definition) is 5. The maximum absolute atomic E-state index is 12.7. The first-order valence-corrected chi connectivity index (χ1v) is 8.06. The first kappa shape index (κ1) is 21.0. The summed E-state index contributed by atoms with van der Waals surface area (Å²) in [6.45, 7) is 8.59. The molecule has 0 radical (unpaired) electrons. The maximum Gasteiger partial charge on any atom is 0.254 e. The van der Waals surface area contributed by atoms with E-state index in [1.807, 2.05) is 17.0 Å². The van der Waals surface area contributed by atoms with E-state index in [2.05, 4.69) is 34.1 Å². The number of likely N-dealkylation sites (N-methyl/N-ethyl adjacent to an activating group) is 1. The van der Waals surface area contributed by atoms with Gasteiger partial charge in [0, 0.05) is 63.6 Å². The molecule has 1 atom stereocenters. The number of rotatable bonds is 2. The second-order valence-electron chi connectivity index (χ2n) is 6.24. The fourth-order valence-corrected chi connectivity index (χ4v) is 3.07. The average Bonchev–Trinajstić information content (AvgIpc) is 2.55. The lowest BCUT2D eigenvalue weighted by Gasteiger charge is -2.35. The van der Waals surface area contributed by atoms with Crippen LogP contribution in [0, 0.1) is 0 Å². The van der Waals surface area contributed by atoms with Crippen molar-refractivity contribution in [2.45, 2.75) is 13.0 Å². The fourth-order valence-electron chi connectivity index (χ4n) is 3.07. The molecule has 0 spiro atoms. The molecule has 24 heavy (non-hydrogen) atoms. The minimum absolute atomic E-state index is 0. The Labute approximate surface area is 156 Å². The minimum atomic E-state index is 0. The van der Waals surface area contributed by atoms with E-state index in [4.69, 9.17) is 0 Å². The number of carbonyl (C=O) groups excluding carboxylic acids is 1. The van der Waals surface area contributed by atoms with Crippen LogP contribution in [-0.4, -0.2) is 79.6 Å². The second kappa shape index (κ2) is 9.42. The van der Waals surface area contributed by atoms with Crippen molar-refractivity contribution in [3.63, 3.8) is 0 Å². The van der Waals surface area contributed by atoms with Gasteiger partial charge in [-0.25, -0.2) is 4.98 Å². The van der Waals surface area contributed by atoms with Crippen LogP contribution < -0.4 is 10.2 Å². The lowest BCUT2D eigenvalue weighted by atomic mass is 10.1. The molecule has 1 amide bonds. The van der Waals surface area contributed by atoms with E-state index in [0.717, 1.165) is 57.2 Å². The van der Waals surface area contributed by atoms with Crippen molar-refractivity contribution in [2.75, 3.05) is 57.8 Å². The van der Waals surface area contributed by atoms with Crippen molar-refractivity contribution in [3.8, 4) is 0 Å². The number of halogens is 2. The highest BCUT2D eigenvalue weighted by molar-refractivity contribution is 5.95. The van der Waals surface area contributed by atoms with Gasteiger partial charge in [-0.05, 0) is 26.1 Å². The van der Waals surface area contributed by atoms with Gasteiger partial charge < -0.3 is 20.0 Å². The van der Waals surface area contributed by atoms with Gasteiger partial charge >= 0.3 is 0 Å². The van der Waals surface area contributed by atoms with Gasteiger partial charge in [0.15, 0.2) is 0 Å². The number of carbonyl (C=O) groups is 1. The number of amides is 1. The van der Waals surface area contributed by atoms with E-state index in [0.29, 0.717) is 0 Å². The van der Waals surface area contributed by atoms with Crippen LogP contribution in [-0.2, 0) is 0 Å². The number of hydrogen-bond donors (Lipinski definition) is 1. The van der Waals surface area contributed by atoms with Gasteiger partial charge in [-0.3, -0.25) is 4.79 Å². The Morgan fingerprint density at radius 3 is 2.58 bits per heavy atom. The Bertz CT molecular complexity index is 537. The molecule has 0 unspecified atom stereocenters. The number of piperazine rings is 2. The summed E-state index contributed by atoms with van der Waals surface area (Å²) in [6, 6.07) is 4.01. The van der Waals surface area contributed by atoms with Crippen LogP contribution in [0.2, 0.25) is 0 Å². The quantitative estimate of drug-likeness (QED) is 0.838. The Kier molecular flexibility index (Phi) is 8.22. The number of anilines is 1. The monoisotopic (exact) mass is 375 g/mol. The van der Waals surface area contributed by atoms with Gasteiger partial charge in [-0.1, -0.05) is 0 Å². The molecule has 2 aliphatic rings. The lowest BCUT2D eigenvalue weighted by molar-refractivity contribution is 0.0655. The molecule has 6 nitrogen and oxygen atoms in total. The van der Waals surface area contributed by atoms with Crippen molar-refractivity contribution < 1.29 is 4.79 Å². The number of pyridine rings is 1. The topological polar surface area (TPSA) is 51.7 Å². The molecule has 136 valence electrons. The summed E-state index contributed by atoms with van der Waals surface area (Å²) in [5, 5.41) is 3.32. The molecule has 2 aliphatic heterocycles. The molecule has 8 heteroatoms.